The van der Waals surface area contributed by atoms with Crippen LogP contribution in [0.25, 0.3) is 10.9 Å². The van der Waals surface area contributed by atoms with Crippen molar-refractivity contribution in [2.24, 2.45) is 0 Å². The van der Waals surface area contributed by atoms with Gasteiger partial charge < -0.3 is 5.32 Å². The molecule has 2 aromatic heterocycles. The van der Waals surface area contributed by atoms with Crippen LogP contribution in [0.5, 0.6) is 0 Å². The van der Waals surface area contributed by atoms with E-state index < -0.39 is 0 Å². The van der Waals surface area contributed by atoms with Crippen molar-refractivity contribution in [1.82, 2.24) is 9.97 Å². The smallest absolute Gasteiger partial charge is 0.0722 e. The lowest BCUT2D eigenvalue weighted by Crippen LogP contribution is -2.08. The Bertz CT molecular complexity index is 762. The van der Waals surface area contributed by atoms with Gasteiger partial charge in [0.15, 0.2) is 0 Å². The normalized spacial score (nSPS) is 17.1. The molecule has 0 fully saturated rings. The third-order valence-electron chi connectivity index (χ3n) is 3.93. The van der Waals surface area contributed by atoms with Gasteiger partial charge in [-0.3, -0.25) is 9.97 Å². The van der Waals surface area contributed by atoms with E-state index in [1.165, 1.54) is 16.6 Å². The van der Waals surface area contributed by atoms with Crippen molar-refractivity contribution in [3.05, 3.63) is 66.1 Å². The molecule has 1 N–H and O–H groups in total. The Morgan fingerprint density at radius 1 is 0.950 bits per heavy atom. The molecule has 0 spiro atoms. The fourth-order valence-electron chi connectivity index (χ4n) is 2.97. The van der Waals surface area contributed by atoms with Crippen LogP contribution >= 0.6 is 0 Å². The number of aryl methyl sites for hydroxylation is 1. The van der Waals surface area contributed by atoms with Gasteiger partial charge in [-0.15, -0.1) is 0 Å². The van der Waals surface area contributed by atoms with Gasteiger partial charge in [0, 0.05) is 23.5 Å². The summed E-state index contributed by atoms with van der Waals surface area (Å²) in [5.41, 5.74) is 4.72. The van der Waals surface area contributed by atoms with Crippen LogP contribution in [-0.2, 0) is 6.42 Å². The second kappa shape index (κ2) is 4.60. The minimum Gasteiger partial charge on any atom is -0.376 e. The maximum Gasteiger partial charge on any atom is 0.0722 e. The number of hydrogen-bond donors (Lipinski definition) is 1. The molecule has 1 atom stereocenters. The second-order valence-electron chi connectivity index (χ2n) is 5.16. The maximum atomic E-state index is 4.54. The number of nitrogens with zero attached hydrogens (tertiary/aromatic N) is 2. The summed E-state index contributed by atoms with van der Waals surface area (Å²) >= 11 is 0. The number of pyridine rings is 2. The molecule has 0 bridgehead atoms. The van der Waals surface area contributed by atoms with Crippen molar-refractivity contribution in [2.75, 3.05) is 5.32 Å². The van der Waals surface area contributed by atoms with Crippen LogP contribution in [0, 0.1) is 0 Å². The van der Waals surface area contributed by atoms with E-state index >= 15 is 0 Å². The Kier molecular flexibility index (Phi) is 2.62. The van der Waals surface area contributed by atoms with Gasteiger partial charge in [0.25, 0.3) is 0 Å². The second-order valence-corrected chi connectivity index (χ2v) is 5.16. The molecule has 0 saturated heterocycles. The molecule has 0 amide bonds. The van der Waals surface area contributed by atoms with Crippen molar-refractivity contribution in [1.29, 1.82) is 0 Å². The van der Waals surface area contributed by atoms with Crippen LogP contribution < -0.4 is 5.32 Å². The molecular weight excluding hydrogens is 246 g/mol. The summed E-state index contributed by atoms with van der Waals surface area (Å²) < 4.78 is 0. The number of nitrogens with one attached hydrogen (secondary N) is 1. The first-order valence-corrected chi connectivity index (χ1v) is 6.96. The summed E-state index contributed by atoms with van der Waals surface area (Å²) in [5, 5.41) is 4.80. The highest BCUT2D eigenvalue weighted by Gasteiger charge is 2.23. The monoisotopic (exact) mass is 261 g/mol. The van der Waals surface area contributed by atoms with Crippen molar-refractivity contribution in [2.45, 2.75) is 18.9 Å². The molecule has 1 aliphatic carbocycles. The van der Waals surface area contributed by atoms with Crippen LogP contribution in [0.4, 0.5) is 5.69 Å². The van der Waals surface area contributed by atoms with E-state index in [0.717, 1.165) is 24.0 Å². The van der Waals surface area contributed by atoms with E-state index in [-0.39, 0.29) is 0 Å². The Hall–Kier alpha value is -2.42. The zero-order chi connectivity index (χ0) is 13.4. The molecule has 1 aliphatic rings. The predicted octanol–water partition coefficient (Wildman–Crippen LogP) is 3.73. The molecule has 98 valence electrons. The van der Waals surface area contributed by atoms with Gasteiger partial charge in [-0.1, -0.05) is 12.1 Å². The molecule has 20 heavy (non-hydrogen) atoms. The Morgan fingerprint density at radius 2 is 1.85 bits per heavy atom. The molecule has 0 saturated carbocycles. The van der Waals surface area contributed by atoms with Crippen molar-refractivity contribution >= 4 is 16.6 Å². The van der Waals surface area contributed by atoms with Gasteiger partial charge >= 0.3 is 0 Å². The van der Waals surface area contributed by atoms with Crippen LogP contribution in [0.2, 0.25) is 0 Å². The number of hydrogen-bond acceptors (Lipinski definition) is 3. The van der Waals surface area contributed by atoms with Gasteiger partial charge in [-0.05, 0) is 48.7 Å². The number of fused-ring (bicyclic) bond motifs is 2. The summed E-state index contributed by atoms with van der Waals surface area (Å²) in [4.78, 5) is 8.94. The third kappa shape index (κ3) is 1.83. The lowest BCUT2D eigenvalue weighted by atomic mass is 10.1. The van der Waals surface area contributed by atoms with E-state index in [1.54, 1.807) is 0 Å². The van der Waals surface area contributed by atoms with Crippen molar-refractivity contribution < 1.29 is 0 Å². The largest absolute Gasteiger partial charge is 0.376 e. The highest BCUT2D eigenvalue weighted by molar-refractivity contribution is 5.91. The van der Waals surface area contributed by atoms with Crippen LogP contribution in [0.1, 0.15) is 23.7 Å². The van der Waals surface area contributed by atoms with Crippen LogP contribution in [-0.4, -0.2) is 9.97 Å². The number of rotatable bonds is 2. The molecule has 3 aromatic rings. The fourth-order valence-corrected chi connectivity index (χ4v) is 2.97. The van der Waals surface area contributed by atoms with Gasteiger partial charge in [0.05, 0.1) is 17.3 Å². The molecule has 1 unspecified atom stereocenters. The molecule has 4 rings (SSSR count). The number of benzene rings is 1. The van der Waals surface area contributed by atoms with Gasteiger partial charge in [-0.25, -0.2) is 0 Å². The average Bonchev–Trinajstić information content (AvgIpc) is 2.91. The van der Waals surface area contributed by atoms with E-state index in [1.807, 2.05) is 36.7 Å². The number of aromatic nitrogens is 2. The highest BCUT2D eigenvalue weighted by Crippen LogP contribution is 2.33. The number of anilines is 1. The summed E-state index contributed by atoms with van der Waals surface area (Å²) in [7, 11) is 0. The van der Waals surface area contributed by atoms with E-state index in [0.29, 0.717) is 6.04 Å². The average molecular weight is 261 g/mol. The summed E-state index contributed by atoms with van der Waals surface area (Å²) in [6.45, 7) is 0. The molecular formula is C17H15N3. The zero-order valence-electron chi connectivity index (χ0n) is 11.1. The quantitative estimate of drug-likeness (QED) is 0.763. The lowest BCUT2D eigenvalue weighted by Gasteiger charge is -2.16. The topological polar surface area (TPSA) is 37.8 Å². The van der Waals surface area contributed by atoms with E-state index in [9.17, 15) is 0 Å². The molecule has 2 heterocycles. The molecule has 0 aliphatic heterocycles. The third-order valence-corrected chi connectivity index (χ3v) is 3.93. The SMILES string of the molecule is c1cnc2c(c1)CCC2Nc1cccc2ncccc12. The Morgan fingerprint density at radius 3 is 2.85 bits per heavy atom. The summed E-state index contributed by atoms with van der Waals surface area (Å²) in [6.07, 6.45) is 5.91. The maximum absolute atomic E-state index is 4.54. The predicted molar refractivity (Wildman–Crippen MR) is 80.7 cm³/mol. The minimum absolute atomic E-state index is 0.303. The first-order chi connectivity index (χ1) is 9.92. The minimum atomic E-state index is 0.303. The standard InChI is InChI=1S/C17H15N3/c1-6-14-13(5-3-10-18-14)15(7-1)20-16-9-8-12-4-2-11-19-17(12)16/h1-7,10-11,16,20H,8-9H2. The van der Waals surface area contributed by atoms with Gasteiger partial charge in [0.1, 0.15) is 0 Å². The first kappa shape index (κ1) is 11.4. The fraction of sp³-hybridized carbons (Fsp3) is 0.176. The van der Waals surface area contributed by atoms with E-state index in [2.05, 4.69) is 33.5 Å². The van der Waals surface area contributed by atoms with Gasteiger partial charge in [0.2, 0.25) is 0 Å². The molecule has 1 aromatic carbocycles. The van der Waals surface area contributed by atoms with Crippen molar-refractivity contribution in [3.63, 3.8) is 0 Å². The van der Waals surface area contributed by atoms with Crippen LogP contribution in [0.3, 0.4) is 0 Å². The Balaban J connectivity index is 1.73. The zero-order valence-corrected chi connectivity index (χ0v) is 11.1. The highest BCUT2D eigenvalue weighted by atomic mass is 15.0. The molecule has 0 radical (unpaired) electrons. The van der Waals surface area contributed by atoms with Gasteiger partial charge in [-0.2, -0.15) is 0 Å². The van der Waals surface area contributed by atoms with Crippen molar-refractivity contribution in [3.8, 4) is 0 Å². The van der Waals surface area contributed by atoms with Crippen LogP contribution in [0.15, 0.2) is 54.9 Å². The van der Waals surface area contributed by atoms with E-state index in [4.69, 9.17) is 0 Å². The molecule has 3 nitrogen and oxygen atoms in total. The first-order valence-electron chi connectivity index (χ1n) is 6.96. The summed E-state index contributed by atoms with van der Waals surface area (Å²) in [5.74, 6) is 0. The lowest BCUT2D eigenvalue weighted by molar-refractivity contribution is 0.747. The molecule has 3 heteroatoms. The summed E-state index contributed by atoms with van der Waals surface area (Å²) in [6, 6.07) is 14.8. The Labute approximate surface area is 117 Å².